The standard InChI is InChI=1S/C16H18BrN3O/c1-20(2)16(21)12-5-8-14(18)15(9-12)19-10-11-3-6-13(17)7-4-11/h3-9,19H,10,18H2,1-2H3. The van der Waals surface area contributed by atoms with E-state index in [1.807, 2.05) is 24.3 Å². The first-order valence-corrected chi connectivity index (χ1v) is 7.36. The minimum Gasteiger partial charge on any atom is -0.397 e. The molecule has 0 heterocycles. The lowest BCUT2D eigenvalue weighted by atomic mass is 10.1. The molecule has 0 aliphatic carbocycles. The van der Waals surface area contributed by atoms with Gasteiger partial charge in [-0.3, -0.25) is 4.79 Å². The molecule has 0 saturated carbocycles. The normalized spacial score (nSPS) is 10.2. The van der Waals surface area contributed by atoms with Crippen LogP contribution in [0.2, 0.25) is 0 Å². The molecule has 1 amide bonds. The van der Waals surface area contributed by atoms with E-state index in [1.165, 1.54) is 0 Å². The molecule has 0 aliphatic rings. The van der Waals surface area contributed by atoms with Crippen LogP contribution in [0.15, 0.2) is 46.9 Å². The average Bonchev–Trinajstić information content (AvgIpc) is 2.47. The van der Waals surface area contributed by atoms with Crippen molar-refractivity contribution in [2.45, 2.75) is 6.54 Å². The van der Waals surface area contributed by atoms with Crippen molar-refractivity contribution in [1.29, 1.82) is 0 Å². The summed E-state index contributed by atoms with van der Waals surface area (Å²) in [4.78, 5) is 13.5. The third-order valence-electron chi connectivity index (χ3n) is 3.10. The maximum Gasteiger partial charge on any atom is 0.253 e. The van der Waals surface area contributed by atoms with Crippen LogP contribution in [0.1, 0.15) is 15.9 Å². The third-order valence-corrected chi connectivity index (χ3v) is 3.63. The lowest BCUT2D eigenvalue weighted by Gasteiger charge is -2.14. The summed E-state index contributed by atoms with van der Waals surface area (Å²) in [6, 6.07) is 13.3. The Morgan fingerprint density at radius 1 is 1.19 bits per heavy atom. The number of carbonyl (C=O) groups is 1. The molecule has 5 heteroatoms. The fourth-order valence-electron chi connectivity index (χ4n) is 1.90. The van der Waals surface area contributed by atoms with E-state index in [1.54, 1.807) is 37.2 Å². The van der Waals surface area contributed by atoms with E-state index in [4.69, 9.17) is 5.73 Å². The predicted octanol–water partition coefficient (Wildman–Crippen LogP) is 3.35. The maximum absolute atomic E-state index is 12.0. The Morgan fingerprint density at radius 2 is 1.86 bits per heavy atom. The highest BCUT2D eigenvalue weighted by Gasteiger charge is 2.10. The Labute approximate surface area is 133 Å². The van der Waals surface area contributed by atoms with Crippen LogP contribution < -0.4 is 11.1 Å². The smallest absolute Gasteiger partial charge is 0.253 e. The third kappa shape index (κ3) is 3.98. The lowest BCUT2D eigenvalue weighted by molar-refractivity contribution is 0.0827. The number of anilines is 2. The fourth-order valence-corrected chi connectivity index (χ4v) is 2.16. The molecule has 2 aromatic rings. The lowest BCUT2D eigenvalue weighted by Crippen LogP contribution is -2.21. The fraction of sp³-hybridized carbons (Fsp3) is 0.188. The molecule has 2 rings (SSSR count). The van der Waals surface area contributed by atoms with Crippen LogP contribution >= 0.6 is 15.9 Å². The monoisotopic (exact) mass is 347 g/mol. The van der Waals surface area contributed by atoms with Crippen LogP contribution in [0.5, 0.6) is 0 Å². The molecular weight excluding hydrogens is 330 g/mol. The molecule has 0 aromatic heterocycles. The van der Waals surface area contributed by atoms with Gasteiger partial charge in [0.05, 0.1) is 11.4 Å². The van der Waals surface area contributed by atoms with Crippen molar-refractivity contribution in [2.24, 2.45) is 0 Å². The molecule has 21 heavy (non-hydrogen) atoms. The van der Waals surface area contributed by atoms with Gasteiger partial charge < -0.3 is 16.0 Å². The van der Waals surface area contributed by atoms with Gasteiger partial charge >= 0.3 is 0 Å². The first-order valence-electron chi connectivity index (χ1n) is 6.57. The number of nitrogens with zero attached hydrogens (tertiary/aromatic N) is 1. The van der Waals surface area contributed by atoms with E-state index in [0.717, 1.165) is 15.7 Å². The number of nitrogens with one attached hydrogen (secondary N) is 1. The summed E-state index contributed by atoms with van der Waals surface area (Å²) < 4.78 is 1.05. The number of carbonyl (C=O) groups excluding carboxylic acids is 1. The summed E-state index contributed by atoms with van der Waals surface area (Å²) in [5.74, 6) is -0.0401. The summed E-state index contributed by atoms with van der Waals surface area (Å²) in [5.41, 5.74) is 9.11. The highest BCUT2D eigenvalue weighted by atomic mass is 79.9. The zero-order valence-corrected chi connectivity index (χ0v) is 13.6. The summed E-state index contributed by atoms with van der Waals surface area (Å²) in [7, 11) is 3.46. The van der Waals surface area contributed by atoms with Gasteiger partial charge in [-0.1, -0.05) is 28.1 Å². The van der Waals surface area contributed by atoms with Gasteiger partial charge in [-0.15, -0.1) is 0 Å². The van der Waals surface area contributed by atoms with Crippen molar-refractivity contribution < 1.29 is 4.79 Å². The highest BCUT2D eigenvalue weighted by molar-refractivity contribution is 9.10. The second-order valence-corrected chi connectivity index (χ2v) is 5.90. The van der Waals surface area contributed by atoms with E-state index < -0.39 is 0 Å². The van der Waals surface area contributed by atoms with E-state index in [2.05, 4.69) is 21.2 Å². The number of nitrogens with two attached hydrogens (primary N) is 1. The zero-order chi connectivity index (χ0) is 15.4. The maximum atomic E-state index is 12.0. The topological polar surface area (TPSA) is 58.4 Å². The molecule has 0 fully saturated rings. The molecule has 3 N–H and O–H groups in total. The second-order valence-electron chi connectivity index (χ2n) is 4.98. The Kier molecular flexibility index (Phi) is 4.85. The number of rotatable bonds is 4. The Morgan fingerprint density at radius 3 is 2.48 bits per heavy atom. The van der Waals surface area contributed by atoms with E-state index in [0.29, 0.717) is 17.8 Å². The van der Waals surface area contributed by atoms with Crippen LogP contribution in [0, 0.1) is 0 Å². The average molecular weight is 348 g/mol. The van der Waals surface area contributed by atoms with Crippen molar-refractivity contribution in [3.8, 4) is 0 Å². The van der Waals surface area contributed by atoms with Crippen LogP contribution in [0.25, 0.3) is 0 Å². The van der Waals surface area contributed by atoms with Crippen LogP contribution in [0.3, 0.4) is 0 Å². The van der Waals surface area contributed by atoms with Gasteiger partial charge in [0.1, 0.15) is 0 Å². The number of amides is 1. The number of hydrogen-bond donors (Lipinski definition) is 2. The van der Waals surface area contributed by atoms with Gasteiger partial charge in [-0.25, -0.2) is 0 Å². The Hall–Kier alpha value is -2.01. The molecule has 0 radical (unpaired) electrons. The SMILES string of the molecule is CN(C)C(=O)c1ccc(N)c(NCc2ccc(Br)cc2)c1. The molecule has 0 bridgehead atoms. The van der Waals surface area contributed by atoms with Gasteiger partial charge in [0, 0.05) is 30.7 Å². The minimum absolute atomic E-state index is 0.0401. The zero-order valence-electron chi connectivity index (χ0n) is 12.1. The predicted molar refractivity (Wildman–Crippen MR) is 90.3 cm³/mol. The molecule has 0 spiro atoms. The van der Waals surface area contributed by atoms with Crippen molar-refractivity contribution in [3.05, 3.63) is 58.1 Å². The summed E-state index contributed by atoms with van der Waals surface area (Å²) in [5, 5.41) is 3.27. The summed E-state index contributed by atoms with van der Waals surface area (Å²) in [6.07, 6.45) is 0. The number of hydrogen-bond acceptors (Lipinski definition) is 3. The first-order chi connectivity index (χ1) is 9.97. The molecule has 0 aliphatic heterocycles. The van der Waals surface area contributed by atoms with Gasteiger partial charge in [0.2, 0.25) is 0 Å². The van der Waals surface area contributed by atoms with Gasteiger partial charge in [-0.05, 0) is 35.9 Å². The van der Waals surface area contributed by atoms with Gasteiger partial charge in [-0.2, -0.15) is 0 Å². The van der Waals surface area contributed by atoms with E-state index >= 15 is 0 Å². The van der Waals surface area contributed by atoms with E-state index in [-0.39, 0.29) is 5.91 Å². The van der Waals surface area contributed by atoms with Crippen molar-refractivity contribution in [1.82, 2.24) is 4.90 Å². The van der Waals surface area contributed by atoms with Crippen LogP contribution in [0.4, 0.5) is 11.4 Å². The van der Waals surface area contributed by atoms with Gasteiger partial charge in [0.15, 0.2) is 0 Å². The molecule has 2 aromatic carbocycles. The van der Waals surface area contributed by atoms with Crippen molar-refractivity contribution >= 4 is 33.2 Å². The first kappa shape index (κ1) is 15.4. The molecule has 0 saturated heterocycles. The van der Waals surface area contributed by atoms with Crippen molar-refractivity contribution in [2.75, 3.05) is 25.1 Å². The second kappa shape index (κ2) is 6.63. The number of nitrogen functional groups attached to an aromatic ring is 1. The number of benzene rings is 2. The van der Waals surface area contributed by atoms with Crippen LogP contribution in [-0.4, -0.2) is 24.9 Å². The quantitative estimate of drug-likeness (QED) is 0.833. The Balaban J connectivity index is 2.14. The van der Waals surface area contributed by atoms with Crippen LogP contribution in [-0.2, 0) is 6.54 Å². The summed E-state index contributed by atoms with van der Waals surface area (Å²) >= 11 is 3.41. The number of halogens is 1. The minimum atomic E-state index is -0.0401. The Bertz CT molecular complexity index is 638. The van der Waals surface area contributed by atoms with Crippen molar-refractivity contribution in [3.63, 3.8) is 0 Å². The van der Waals surface area contributed by atoms with E-state index in [9.17, 15) is 4.79 Å². The highest BCUT2D eigenvalue weighted by Crippen LogP contribution is 2.22. The largest absolute Gasteiger partial charge is 0.397 e. The summed E-state index contributed by atoms with van der Waals surface area (Å²) in [6.45, 7) is 0.650. The molecular formula is C16H18BrN3O. The molecule has 0 unspecified atom stereocenters. The molecule has 110 valence electrons. The molecule has 4 nitrogen and oxygen atoms in total. The van der Waals surface area contributed by atoms with Gasteiger partial charge in [0.25, 0.3) is 5.91 Å². The molecule has 0 atom stereocenters.